The summed E-state index contributed by atoms with van der Waals surface area (Å²) in [7, 11) is 0. The van der Waals surface area contributed by atoms with Gasteiger partial charge in [-0.15, -0.1) is 0 Å². The zero-order chi connectivity index (χ0) is 25.9. The van der Waals surface area contributed by atoms with E-state index in [2.05, 4.69) is 29.5 Å². The Labute approximate surface area is 210 Å². The molecule has 2 aromatic carbocycles. The number of nitrogens with one attached hydrogen (secondary N) is 2. The smallest absolute Gasteiger partial charge is 0.323 e. The fourth-order valence-electron chi connectivity index (χ4n) is 3.44. The molecule has 3 heterocycles. The monoisotopic (exact) mass is 521 g/mol. The first-order chi connectivity index (χ1) is 17.9. The summed E-state index contributed by atoms with van der Waals surface area (Å²) in [6.45, 7) is -0.169. The highest BCUT2D eigenvalue weighted by atomic mass is 32.1. The first kappa shape index (κ1) is 23.9. The maximum atomic E-state index is 15.0. The Kier molecular flexibility index (Phi) is 6.48. The van der Waals surface area contributed by atoms with Crippen molar-refractivity contribution in [2.45, 2.75) is 13.0 Å². The molecule has 0 saturated heterocycles. The van der Waals surface area contributed by atoms with Crippen molar-refractivity contribution in [2.24, 2.45) is 0 Å². The average molecular weight is 521 g/mol. The summed E-state index contributed by atoms with van der Waals surface area (Å²) in [4.78, 5) is 21.7. The number of hydrogen-bond acceptors (Lipinski definition) is 8. The summed E-state index contributed by atoms with van der Waals surface area (Å²) >= 11 is 0.714. The minimum atomic E-state index is -0.720. The van der Waals surface area contributed by atoms with Gasteiger partial charge in [0, 0.05) is 35.1 Å². The van der Waals surface area contributed by atoms with Crippen LogP contribution in [-0.2, 0) is 13.0 Å². The van der Waals surface area contributed by atoms with Gasteiger partial charge in [-0.1, -0.05) is 12.1 Å². The van der Waals surface area contributed by atoms with E-state index in [9.17, 15) is 18.0 Å². The van der Waals surface area contributed by atoms with E-state index in [0.29, 0.717) is 11.5 Å². The molecular formula is C24H14F3N7O2S. The number of pyridine rings is 1. The van der Waals surface area contributed by atoms with Gasteiger partial charge in [0.2, 0.25) is 11.7 Å². The molecule has 5 rings (SSSR count). The largest absolute Gasteiger partial charge is 0.473 e. The normalized spacial score (nSPS) is 10.9. The van der Waals surface area contributed by atoms with E-state index in [0.717, 1.165) is 18.2 Å². The Morgan fingerprint density at radius 1 is 1.00 bits per heavy atom. The quantitative estimate of drug-likeness (QED) is 0.329. The fourth-order valence-corrected chi connectivity index (χ4v) is 3.88. The number of benzene rings is 2. The molecule has 0 spiro atoms. The van der Waals surface area contributed by atoms with E-state index in [-0.39, 0.29) is 69.2 Å². The standard InChI is InChI=1S/C24H14F3N7O2S/c25-16-6-12(10-28)4-5-13(16)11-36-21-3-1-2-19(29-21)15-9-17(26)14(7-18(15)27)8-20-30-22(33-32-20)23-31-24(35)37-34-23/h1-7,9H,8,11H2,(H,30,32,33)(H,31,34,35). The van der Waals surface area contributed by atoms with Crippen LogP contribution in [0.1, 0.15) is 22.5 Å². The fraction of sp³-hybridized carbons (Fsp3) is 0.0833. The van der Waals surface area contributed by atoms with Crippen molar-refractivity contribution in [3.8, 4) is 34.9 Å². The van der Waals surface area contributed by atoms with Gasteiger partial charge in [-0.25, -0.2) is 23.1 Å². The van der Waals surface area contributed by atoms with Gasteiger partial charge in [0.15, 0.2) is 5.82 Å². The maximum Gasteiger partial charge on any atom is 0.323 e. The van der Waals surface area contributed by atoms with E-state index in [1.165, 1.54) is 24.3 Å². The molecule has 37 heavy (non-hydrogen) atoms. The Bertz CT molecular complexity index is 1710. The number of aromatic nitrogens is 6. The Hall–Kier alpha value is -4.83. The number of halogens is 3. The van der Waals surface area contributed by atoms with Gasteiger partial charge in [0.05, 0.1) is 17.3 Å². The molecule has 0 atom stereocenters. The van der Waals surface area contributed by atoms with Crippen LogP contribution in [0, 0.1) is 28.8 Å². The van der Waals surface area contributed by atoms with E-state index in [1.807, 2.05) is 6.07 Å². The summed E-state index contributed by atoms with van der Waals surface area (Å²) in [6, 6.07) is 12.4. The molecule has 0 unspecified atom stereocenters. The Balaban J connectivity index is 1.33. The molecule has 184 valence electrons. The average Bonchev–Trinajstić information content (AvgIpc) is 3.54. The number of rotatable bonds is 7. The predicted molar refractivity (Wildman–Crippen MR) is 126 cm³/mol. The highest BCUT2D eigenvalue weighted by Gasteiger charge is 2.16. The van der Waals surface area contributed by atoms with E-state index in [1.54, 1.807) is 6.07 Å². The molecule has 0 amide bonds. The topological polar surface area (TPSA) is 133 Å². The molecule has 0 fully saturated rings. The Morgan fingerprint density at radius 2 is 1.84 bits per heavy atom. The SMILES string of the molecule is N#Cc1ccc(COc2cccc(-c3cc(F)c(Cc4nc(-c5nsc(=O)[nH]5)n[nH]4)cc3F)n2)c(F)c1. The van der Waals surface area contributed by atoms with Crippen molar-refractivity contribution in [3.63, 3.8) is 0 Å². The van der Waals surface area contributed by atoms with Crippen molar-refractivity contribution in [1.82, 2.24) is 29.5 Å². The molecule has 0 saturated carbocycles. The van der Waals surface area contributed by atoms with E-state index in [4.69, 9.17) is 10.00 Å². The number of H-pyrrole nitrogens is 2. The lowest BCUT2D eigenvalue weighted by Crippen LogP contribution is -2.02. The molecule has 0 aliphatic rings. The second kappa shape index (κ2) is 10.0. The molecule has 0 bridgehead atoms. The van der Waals surface area contributed by atoms with Gasteiger partial charge in [-0.05, 0) is 35.9 Å². The summed E-state index contributed by atoms with van der Waals surface area (Å²) in [6.07, 6.45) is -0.0862. The second-order valence-electron chi connectivity index (χ2n) is 7.72. The molecular weight excluding hydrogens is 507 g/mol. The second-order valence-corrected chi connectivity index (χ2v) is 8.45. The van der Waals surface area contributed by atoms with Crippen molar-refractivity contribution < 1.29 is 17.9 Å². The van der Waals surface area contributed by atoms with E-state index < -0.39 is 17.5 Å². The first-order valence-electron chi connectivity index (χ1n) is 10.6. The molecule has 5 aromatic rings. The minimum Gasteiger partial charge on any atom is -0.473 e. The molecule has 2 N–H and O–H groups in total. The molecule has 0 radical (unpaired) electrons. The summed E-state index contributed by atoms with van der Waals surface area (Å²) in [5.41, 5.74) is 0.454. The zero-order valence-corrected chi connectivity index (χ0v) is 19.4. The molecule has 9 nitrogen and oxygen atoms in total. The third-order valence-corrected chi connectivity index (χ3v) is 5.78. The van der Waals surface area contributed by atoms with Crippen molar-refractivity contribution in [2.75, 3.05) is 0 Å². The summed E-state index contributed by atoms with van der Waals surface area (Å²) < 4.78 is 53.4. The number of aromatic amines is 2. The van der Waals surface area contributed by atoms with Crippen LogP contribution >= 0.6 is 11.5 Å². The van der Waals surface area contributed by atoms with Gasteiger partial charge in [-0.3, -0.25) is 14.9 Å². The third kappa shape index (κ3) is 5.24. The van der Waals surface area contributed by atoms with Crippen LogP contribution < -0.4 is 9.61 Å². The molecule has 0 aliphatic carbocycles. The summed E-state index contributed by atoms with van der Waals surface area (Å²) in [5, 5.41) is 15.4. The predicted octanol–water partition coefficient (Wildman–Crippen LogP) is 4.14. The highest BCUT2D eigenvalue weighted by molar-refractivity contribution is 7.03. The molecule has 13 heteroatoms. The number of nitrogens with zero attached hydrogens (tertiary/aromatic N) is 5. The van der Waals surface area contributed by atoms with Crippen LogP contribution in [0.4, 0.5) is 13.2 Å². The summed E-state index contributed by atoms with van der Waals surface area (Å²) in [5.74, 6) is -1.37. The van der Waals surface area contributed by atoms with Crippen molar-refractivity contribution in [3.05, 3.63) is 98.2 Å². The third-order valence-electron chi connectivity index (χ3n) is 5.24. The van der Waals surface area contributed by atoms with Gasteiger partial charge in [-0.2, -0.15) is 14.7 Å². The van der Waals surface area contributed by atoms with E-state index >= 15 is 0 Å². The lowest BCUT2D eigenvalue weighted by Gasteiger charge is -2.10. The van der Waals surface area contributed by atoms with Crippen LogP contribution in [0.25, 0.3) is 22.9 Å². The highest BCUT2D eigenvalue weighted by Crippen LogP contribution is 2.27. The van der Waals surface area contributed by atoms with Crippen molar-refractivity contribution >= 4 is 11.5 Å². The van der Waals surface area contributed by atoms with Crippen LogP contribution in [0.3, 0.4) is 0 Å². The van der Waals surface area contributed by atoms with Crippen LogP contribution in [0.5, 0.6) is 5.88 Å². The van der Waals surface area contributed by atoms with Crippen molar-refractivity contribution in [1.29, 1.82) is 5.26 Å². The molecule has 3 aromatic heterocycles. The van der Waals surface area contributed by atoms with Gasteiger partial charge >= 0.3 is 4.87 Å². The van der Waals surface area contributed by atoms with Crippen LogP contribution in [0.2, 0.25) is 0 Å². The Morgan fingerprint density at radius 3 is 2.59 bits per heavy atom. The first-order valence-corrected chi connectivity index (χ1v) is 11.4. The van der Waals surface area contributed by atoms with Crippen LogP contribution in [0.15, 0.2) is 53.3 Å². The number of nitriles is 1. The lowest BCUT2D eigenvalue weighted by molar-refractivity contribution is 0.288. The number of ether oxygens (including phenoxy) is 1. The minimum absolute atomic E-state index is 0.0272. The lowest BCUT2D eigenvalue weighted by atomic mass is 10.0. The molecule has 0 aliphatic heterocycles. The van der Waals surface area contributed by atoms with Gasteiger partial charge in [0.25, 0.3) is 0 Å². The van der Waals surface area contributed by atoms with Crippen LogP contribution in [-0.4, -0.2) is 29.5 Å². The zero-order valence-electron chi connectivity index (χ0n) is 18.6. The van der Waals surface area contributed by atoms with Gasteiger partial charge in [0.1, 0.15) is 29.9 Å². The number of hydrogen-bond donors (Lipinski definition) is 2. The van der Waals surface area contributed by atoms with Gasteiger partial charge < -0.3 is 4.74 Å². The maximum absolute atomic E-state index is 15.0.